The minimum Gasteiger partial charge on any atom is -0.338 e. The van der Waals surface area contributed by atoms with Crippen molar-refractivity contribution in [3.63, 3.8) is 0 Å². The van der Waals surface area contributed by atoms with Crippen LogP contribution in [0.15, 0.2) is 0 Å². The number of likely N-dealkylation sites (tertiary alicyclic amines) is 1. The number of hydrogen-bond donors (Lipinski definition) is 3. The standard InChI is InChI=1S/C11H24N4O/c1-2-6-13-11(16)14-10-3-7-15(8-4-10)9-5-12/h10H,2-9,12H2,1H3,(H2,13,14,16). The van der Waals surface area contributed by atoms with Crippen LogP contribution >= 0.6 is 0 Å². The Hall–Kier alpha value is -0.810. The van der Waals surface area contributed by atoms with Gasteiger partial charge in [0.2, 0.25) is 0 Å². The van der Waals surface area contributed by atoms with Gasteiger partial charge in [-0.05, 0) is 19.3 Å². The highest BCUT2D eigenvalue weighted by Crippen LogP contribution is 2.09. The third-order valence-electron chi connectivity index (χ3n) is 2.90. The smallest absolute Gasteiger partial charge is 0.315 e. The van der Waals surface area contributed by atoms with Crippen molar-refractivity contribution >= 4 is 6.03 Å². The highest BCUT2D eigenvalue weighted by Gasteiger charge is 2.19. The first-order valence-electron chi connectivity index (χ1n) is 6.23. The number of nitrogens with two attached hydrogens (primary N) is 1. The topological polar surface area (TPSA) is 70.4 Å². The monoisotopic (exact) mass is 228 g/mol. The minimum absolute atomic E-state index is 0.0286. The maximum absolute atomic E-state index is 11.4. The average Bonchev–Trinajstić information content (AvgIpc) is 2.29. The van der Waals surface area contributed by atoms with Crippen molar-refractivity contribution in [3.05, 3.63) is 0 Å². The molecular formula is C11H24N4O. The fourth-order valence-electron chi connectivity index (χ4n) is 1.96. The zero-order chi connectivity index (χ0) is 11.8. The van der Waals surface area contributed by atoms with Gasteiger partial charge in [0.25, 0.3) is 0 Å². The van der Waals surface area contributed by atoms with Crippen LogP contribution in [-0.4, -0.2) is 49.7 Å². The minimum atomic E-state index is -0.0286. The van der Waals surface area contributed by atoms with Gasteiger partial charge in [-0.1, -0.05) is 6.92 Å². The lowest BCUT2D eigenvalue weighted by atomic mass is 10.1. The van der Waals surface area contributed by atoms with Gasteiger partial charge in [-0.15, -0.1) is 0 Å². The van der Waals surface area contributed by atoms with Gasteiger partial charge >= 0.3 is 6.03 Å². The number of carbonyl (C=O) groups excluding carboxylic acids is 1. The van der Waals surface area contributed by atoms with Crippen LogP contribution in [0.1, 0.15) is 26.2 Å². The molecule has 5 nitrogen and oxygen atoms in total. The summed E-state index contributed by atoms with van der Waals surface area (Å²) in [6.45, 7) is 6.55. The van der Waals surface area contributed by atoms with Crippen LogP contribution in [0.4, 0.5) is 4.79 Å². The first-order chi connectivity index (χ1) is 7.76. The Kier molecular flexibility index (Phi) is 6.18. The van der Waals surface area contributed by atoms with Gasteiger partial charge in [-0.25, -0.2) is 4.79 Å². The van der Waals surface area contributed by atoms with Gasteiger partial charge < -0.3 is 21.3 Å². The molecule has 0 aliphatic carbocycles. The molecule has 16 heavy (non-hydrogen) atoms. The molecule has 1 saturated heterocycles. The van der Waals surface area contributed by atoms with E-state index in [1.807, 2.05) is 6.92 Å². The molecule has 0 bridgehead atoms. The maximum atomic E-state index is 11.4. The molecule has 0 aromatic heterocycles. The molecule has 4 N–H and O–H groups in total. The van der Waals surface area contributed by atoms with Crippen molar-refractivity contribution in [3.8, 4) is 0 Å². The summed E-state index contributed by atoms with van der Waals surface area (Å²) in [5, 5.41) is 5.84. The predicted molar refractivity (Wildman–Crippen MR) is 65.3 cm³/mol. The molecule has 0 unspecified atom stereocenters. The van der Waals surface area contributed by atoms with E-state index in [4.69, 9.17) is 5.73 Å². The molecular weight excluding hydrogens is 204 g/mol. The predicted octanol–water partition coefficient (Wildman–Crippen LogP) is 0.119. The average molecular weight is 228 g/mol. The molecule has 0 spiro atoms. The van der Waals surface area contributed by atoms with E-state index in [-0.39, 0.29) is 6.03 Å². The van der Waals surface area contributed by atoms with Gasteiger partial charge in [0.1, 0.15) is 0 Å². The summed E-state index contributed by atoms with van der Waals surface area (Å²) in [6.07, 6.45) is 3.03. The second-order valence-corrected chi connectivity index (χ2v) is 4.30. The van der Waals surface area contributed by atoms with Crippen LogP contribution in [0.3, 0.4) is 0 Å². The van der Waals surface area contributed by atoms with Crippen molar-refractivity contribution in [1.29, 1.82) is 0 Å². The highest BCUT2D eigenvalue weighted by atomic mass is 16.2. The van der Waals surface area contributed by atoms with Gasteiger partial charge in [-0.2, -0.15) is 0 Å². The van der Waals surface area contributed by atoms with E-state index in [1.54, 1.807) is 0 Å². The van der Waals surface area contributed by atoms with Crippen LogP contribution in [0.25, 0.3) is 0 Å². The zero-order valence-electron chi connectivity index (χ0n) is 10.2. The Labute approximate surface area is 97.7 Å². The van der Waals surface area contributed by atoms with Crippen molar-refractivity contribution in [1.82, 2.24) is 15.5 Å². The second kappa shape index (κ2) is 7.46. The van der Waals surface area contributed by atoms with Crippen LogP contribution in [-0.2, 0) is 0 Å². The zero-order valence-corrected chi connectivity index (χ0v) is 10.2. The number of urea groups is 1. The van der Waals surface area contributed by atoms with Gasteiger partial charge in [0.15, 0.2) is 0 Å². The molecule has 0 radical (unpaired) electrons. The Morgan fingerprint density at radius 3 is 2.69 bits per heavy atom. The molecule has 5 heteroatoms. The lowest BCUT2D eigenvalue weighted by Gasteiger charge is -2.31. The van der Waals surface area contributed by atoms with Crippen LogP contribution in [0.2, 0.25) is 0 Å². The third kappa shape index (κ3) is 4.81. The summed E-state index contributed by atoms with van der Waals surface area (Å²) in [5.74, 6) is 0. The van der Waals surface area contributed by atoms with E-state index in [9.17, 15) is 4.79 Å². The molecule has 2 amide bonds. The number of nitrogens with one attached hydrogen (secondary N) is 2. The van der Waals surface area contributed by atoms with E-state index in [0.717, 1.165) is 52.0 Å². The van der Waals surface area contributed by atoms with Crippen molar-refractivity contribution in [2.45, 2.75) is 32.2 Å². The van der Waals surface area contributed by atoms with E-state index in [1.165, 1.54) is 0 Å². The molecule has 0 atom stereocenters. The number of rotatable bonds is 5. The SMILES string of the molecule is CCCNC(=O)NC1CCN(CCN)CC1. The lowest BCUT2D eigenvalue weighted by molar-refractivity contribution is 0.196. The Morgan fingerprint density at radius 1 is 1.44 bits per heavy atom. The molecule has 0 saturated carbocycles. The third-order valence-corrected chi connectivity index (χ3v) is 2.90. The van der Waals surface area contributed by atoms with Gasteiger partial charge in [-0.3, -0.25) is 0 Å². The molecule has 94 valence electrons. The van der Waals surface area contributed by atoms with Gasteiger partial charge in [0, 0.05) is 38.8 Å². The largest absolute Gasteiger partial charge is 0.338 e. The summed E-state index contributed by atoms with van der Waals surface area (Å²) in [6, 6.07) is 0.296. The van der Waals surface area contributed by atoms with Crippen LogP contribution in [0.5, 0.6) is 0 Å². The quantitative estimate of drug-likeness (QED) is 0.626. The second-order valence-electron chi connectivity index (χ2n) is 4.30. The molecule has 1 aliphatic heterocycles. The van der Waals surface area contributed by atoms with E-state index >= 15 is 0 Å². The number of nitrogens with zero attached hydrogens (tertiary/aromatic N) is 1. The number of piperidine rings is 1. The molecule has 0 aromatic rings. The number of amides is 2. The molecule has 1 heterocycles. The fraction of sp³-hybridized carbons (Fsp3) is 0.909. The van der Waals surface area contributed by atoms with Crippen molar-refractivity contribution < 1.29 is 4.79 Å². The highest BCUT2D eigenvalue weighted by molar-refractivity contribution is 5.74. The van der Waals surface area contributed by atoms with E-state index in [0.29, 0.717) is 6.04 Å². The first kappa shape index (κ1) is 13.3. The summed E-state index contributed by atoms with van der Waals surface area (Å²) in [7, 11) is 0. The molecule has 1 fully saturated rings. The lowest BCUT2D eigenvalue weighted by Crippen LogP contribution is -2.48. The summed E-state index contributed by atoms with van der Waals surface area (Å²) >= 11 is 0. The molecule has 0 aromatic carbocycles. The van der Waals surface area contributed by atoms with Crippen molar-refractivity contribution in [2.24, 2.45) is 5.73 Å². The number of carbonyl (C=O) groups is 1. The normalized spacial score (nSPS) is 18.4. The van der Waals surface area contributed by atoms with Gasteiger partial charge in [0.05, 0.1) is 0 Å². The summed E-state index contributed by atoms with van der Waals surface area (Å²) < 4.78 is 0. The molecule has 1 rings (SSSR count). The fourth-order valence-corrected chi connectivity index (χ4v) is 1.96. The van der Waals surface area contributed by atoms with E-state index in [2.05, 4.69) is 15.5 Å². The van der Waals surface area contributed by atoms with Crippen molar-refractivity contribution in [2.75, 3.05) is 32.7 Å². The summed E-state index contributed by atoms with van der Waals surface area (Å²) in [4.78, 5) is 13.8. The Bertz CT molecular complexity index is 202. The summed E-state index contributed by atoms with van der Waals surface area (Å²) in [5.41, 5.74) is 5.51. The first-order valence-corrected chi connectivity index (χ1v) is 6.23. The Balaban J connectivity index is 2.14. The molecule has 1 aliphatic rings. The maximum Gasteiger partial charge on any atom is 0.315 e. The van der Waals surface area contributed by atoms with E-state index < -0.39 is 0 Å². The number of hydrogen-bond acceptors (Lipinski definition) is 3. The van der Waals surface area contributed by atoms with Crippen LogP contribution < -0.4 is 16.4 Å². The van der Waals surface area contributed by atoms with Crippen LogP contribution in [0, 0.1) is 0 Å². The Morgan fingerprint density at radius 2 is 2.12 bits per heavy atom.